The zero-order valence-electron chi connectivity index (χ0n) is 10.00. The maximum Gasteiger partial charge on any atom is 0.0625 e. The molecule has 0 aliphatic heterocycles. The highest BCUT2D eigenvalue weighted by molar-refractivity contribution is 6.42. The van der Waals surface area contributed by atoms with Crippen LogP contribution in [0, 0.1) is 11.8 Å². The second-order valence-electron chi connectivity index (χ2n) is 5.06. The maximum atomic E-state index is 10.3. The molecular weight excluding hydrogens is 255 g/mol. The van der Waals surface area contributed by atoms with E-state index in [1.807, 2.05) is 12.1 Å². The highest BCUT2D eigenvalue weighted by Crippen LogP contribution is 2.36. The number of rotatable bonds is 3. The molecule has 2 rings (SSSR count). The number of aliphatic hydroxyl groups is 1. The molecule has 94 valence electrons. The molecule has 0 saturated heterocycles. The van der Waals surface area contributed by atoms with Gasteiger partial charge in [0.25, 0.3) is 0 Å². The predicted molar refractivity (Wildman–Crippen MR) is 72.7 cm³/mol. The van der Waals surface area contributed by atoms with Crippen LogP contribution >= 0.6 is 23.2 Å². The van der Waals surface area contributed by atoms with Gasteiger partial charge in [0.15, 0.2) is 0 Å². The third-order valence-corrected chi connectivity index (χ3v) is 4.74. The molecule has 17 heavy (non-hydrogen) atoms. The molecule has 1 aliphatic rings. The van der Waals surface area contributed by atoms with Crippen molar-refractivity contribution in [1.29, 1.82) is 0 Å². The molecule has 1 nitrogen and oxygen atoms in total. The zero-order chi connectivity index (χ0) is 12.4. The summed E-state index contributed by atoms with van der Waals surface area (Å²) in [5.74, 6) is 1.02. The first-order valence-corrected chi connectivity index (χ1v) is 6.96. The van der Waals surface area contributed by atoms with E-state index in [9.17, 15) is 5.11 Å². The molecule has 0 spiro atoms. The Kier molecular flexibility index (Phi) is 4.35. The quantitative estimate of drug-likeness (QED) is 0.868. The van der Waals surface area contributed by atoms with Crippen LogP contribution in [0.5, 0.6) is 0 Å². The van der Waals surface area contributed by atoms with Crippen LogP contribution in [0.3, 0.4) is 0 Å². The van der Waals surface area contributed by atoms with Crippen molar-refractivity contribution in [1.82, 2.24) is 0 Å². The second-order valence-corrected chi connectivity index (χ2v) is 5.84. The minimum atomic E-state index is -0.302. The lowest BCUT2D eigenvalue weighted by atomic mass is 9.88. The van der Waals surface area contributed by atoms with Crippen LogP contribution in [-0.2, 0) is 6.42 Å². The standard InChI is InChI=1S/C14H18Cl2O/c1-9-4-2-6-11(9)13(17)8-10-5-3-7-12(15)14(10)16/h3,5,7,9,11,13,17H,2,4,6,8H2,1H3. The Balaban J connectivity index is 2.07. The van der Waals surface area contributed by atoms with Crippen LogP contribution in [0.4, 0.5) is 0 Å². The first-order chi connectivity index (χ1) is 8.09. The molecule has 0 bridgehead atoms. The topological polar surface area (TPSA) is 20.2 Å². The molecule has 1 aromatic rings. The lowest BCUT2D eigenvalue weighted by Crippen LogP contribution is -2.24. The van der Waals surface area contributed by atoms with Crippen molar-refractivity contribution in [3.63, 3.8) is 0 Å². The van der Waals surface area contributed by atoms with Crippen LogP contribution in [0.15, 0.2) is 18.2 Å². The minimum Gasteiger partial charge on any atom is -0.392 e. The van der Waals surface area contributed by atoms with Gasteiger partial charge in [-0.05, 0) is 29.9 Å². The number of halogens is 2. The average Bonchev–Trinajstić information content (AvgIpc) is 2.71. The van der Waals surface area contributed by atoms with E-state index in [0.717, 1.165) is 12.0 Å². The van der Waals surface area contributed by atoms with Gasteiger partial charge in [-0.1, -0.05) is 55.1 Å². The first kappa shape index (κ1) is 13.2. The van der Waals surface area contributed by atoms with E-state index >= 15 is 0 Å². The number of aliphatic hydroxyl groups excluding tert-OH is 1. The third-order valence-electron chi connectivity index (χ3n) is 3.88. The van der Waals surface area contributed by atoms with Crippen LogP contribution in [0.1, 0.15) is 31.7 Å². The fraction of sp³-hybridized carbons (Fsp3) is 0.571. The van der Waals surface area contributed by atoms with Gasteiger partial charge in [0.05, 0.1) is 16.1 Å². The van der Waals surface area contributed by atoms with E-state index in [0.29, 0.717) is 28.3 Å². The molecule has 3 heteroatoms. The Hall–Kier alpha value is -0.240. The number of hydrogen-bond acceptors (Lipinski definition) is 1. The van der Waals surface area contributed by atoms with Gasteiger partial charge in [-0.15, -0.1) is 0 Å². The SMILES string of the molecule is CC1CCCC1C(O)Cc1cccc(Cl)c1Cl. The average molecular weight is 273 g/mol. The molecule has 0 amide bonds. The number of hydrogen-bond donors (Lipinski definition) is 1. The largest absolute Gasteiger partial charge is 0.392 e. The van der Waals surface area contributed by atoms with Crippen LogP contribution in [0.25, 0.3) is 0 Å². The van der Waals surface area contributed by atoms with Crippen LogP contribution in [0.2, 0.25) is 10.0 Å². The second kappa shape index (κ2) is 5.60. The van der Waals surface area contributed by atoms with Crippen molar-refractivity contribution < 1.29 is 5.11 Å². The molecule has 3 atom stereocenters. The van der Waals surface area contributed by atoms with E-state index in [1.165, 1.54) is 12.8 Å². The van der Waals surface area contributed by atoms with E-state index in [1.54, 1.807) is 6.07 Å². The molecule has 0 aromatic heterocycles. The minimum absolute atomic E-state index is 0.302. The molecule has 0 radical (unpaired) electrons. The van der Waals surface area contributed by atoms with Crippen molar-refractivity contribution in [2.45, 2.75) is 38.7 Å². The fourth-order valence-electron chi connectivity index (χ4n) is 2.83. The molecule has 0 heterocycles. The van der Waals surface area contributed by atoms with Crippen molar-refractivity contribution in [2.75, 3.05) is 0 Å². The van der Waals surface area contributed by atoms with Crippen molar-refractivity contribution >= 4 is 23.2 Å². The van der Waals surface area contributed by atoms with Crippen LogP contribution < -0.4 is 0 Å². The molecule has 1 aliphatic carbocycles. The predicted octanol–water partition coefficient (Wildman–Crippen LogP) is 4.33. The molecule has 3 unspecified atom stereocenters. The Morgan fingerprint density at radius 1 is 1.35 bits per heavy atom. The highest BCUT2D eigenvalue weighted by atomic mass is 35.5. The molecular formula is C14H18Cl2O. The Bertz CT molecular complexity index is 392. The summed E-state index contributed by atoms with van der Waals surface area (Å²) in [6, 6.07) is 5.60. The van der Waals surface area contributed by atoms with Gasteiger partial charge in [-0.25, -0.2) is 0 Å². The normalized spacial score (nSPS) is 26.1. The molecule has 1 saturated carbocycles. The van der Waals surface area contributed by atoms with E-state index in [4.69, 9.17) is 23.2 Å². The summed E-state index contributed by atoms with van der Waals surface area (Å²) in [4.78, 5) is 0. The molecule has 1 aromatic carbocycles. The lowest BCUT2D eigenvalue weighted by molar-refractivity contribution is 0.0902. The summed E-state index contributed by atoms with van der Waals surface area (Å²) in [5.41, 5.74) is 0.950. The summed E-state index contributed by atoms with van der Waals surface area (Å²) in [6.45, 7) is 2.22. The fourth-order valence-corrected chi connectivity index (χ4v) is 3.23. The Morgan fingerprint density at radius 3 is 2.76 bits per heavy atom. The Labute approximate surface area is 113 Å². The van der Waals surface area contributed by atoms with Gasteiger partial charge >= 0.3 is 0 Å². The van der Waals surface area contributed by atoms with Crippen molar-refractivity contribution in [3.8, 4) is 0 Å². The summed E-state index contributed by atoms with van der Waals surface area (Å²) < 4.78 is 0. The Morgan fingerprint density at radius 2 is 2.12 bits per heavy atom. The van der Waals surface area contributed by atoms with Crippen LogP contribution in [-0.4, -0.2) is 11.2 Å². The van der Waals surface area contributed by atoms with Gasteiger partial charge in [0.1, 0.15) is 0 Å². The summed E-state index contributed by atoms with van der Waals surface area (Å²) >= 11 is 12.1. The van der Waals surface area contributed by atoms with E-state index in [2.05, 4.69) is 6.92 Å². The van der Waals surface area contributed by atoms with Gasteiger partial charge in [0, 0.05) is 6.42 Å². The van der Waals surface area contributed by atoms with E-state index in [-0.39, 0.29) is 6.10 Å². The summed E-state index contributed by atoms with van der Waals surface area (Å²) in [7, 11) is 0. The number of benzene rings is 1. The summed E-state index contributed by atoms with van der Waals surface area (Å²) in [5, 5.41) is 11.4. The summed E-state index contributed by atoms with van der Waals surface area (Å²) in [6.07, 6.45) is 3.88. The smallest absolute Gasteiger partial charge is 0.0625 e. The van der Waals surface area contributed by atoms with Gasteiger partial charge in [0.2, 0.25) is 0 Å². The zero-order valence-corrected chi connectivity index (χ0v) is 11.5. The van der Waals surface area contributed by atoms with Crippen molar-refractivity contribution in [2.24, 2.45) is 11.8 Å². The van der Waals surface area contributed by atoms with Crippen molar-refractivity contribution in [3.05, 3.63) is 33.8 Å². The molecule has 1 fully saturated rings. The van der Waals surface area contributed by atoms with Gasteiger partial charge < -0.3 is 5.11 Å². The molecule has 1 N–H and O–H groups in total. The van der Waals surface area contributed by atoms with Gasteiger partial charge in [-0.2, -0.15) is 0 Å². The maximum absolute atomic E-state index is 10.3. The first-order valence-electron chi connectivity index (χ1n) is 6.20. The van der Waals surface area contributed by atoms with Gasteiger partial charge in [-0.3, -0.25) is 0 Å². The third kappa shape index (κ3) is 2.96. The van der Waals surface area contributed by atoms with E-state index < -0.39 is 0 Å². The monoisotopic (exact) mass is 272 g/mol. The highest BCUT2D eigenvalue weighted by Gasteiger charge is 2.30. The lowest BCUT2D eigenvalue weighted by Gasteiger charge is -2.22.